The molecule has 22 heavy (non-hydrogen) atoms. The molecule has 2 atom stereocenters. The maximum atomic E-state index is 12.4. The van der Waals surface area contributed by atoms with Gasteiger partial charge in [0.1, 0.15) is 0 Å². The monoisotopic (exact) mass is 301 g/mol. The van der Waals surface area contributed by atoms with Crippen LogP contribution in [0.4, 0.5) is 0 Å². The van der Waals surface area contributed by atoms with Crippen molar-refractivity contribution in [1.29, 1.82) is 0 Å². The molecule has 3 rings (SSSR count). The van der Waals surface area contributed by atoms with Crippen LogP contribution in [0.2, 0.25) is 0 Å². The third kappa shape index (κ3) is 4.33. The van der Waals surface area contributed by atoms with Crippen molar-refractivity contribution in [3.05, 3.63) is 35.9 Å². The Balaban J connectivity index is 1.46. The molecule has 2 saturated heterocycles. The fourth-order valence-corrected chi connectivity index (χ4v) is 3.72. The minimum atomic E-state index is 0.327. The molecule has 0 spiro atoms. The third-order valence-electron chi connectivity index (χ3n) is 4.94. The van der Waals surface area contributed by atoms with E-state index < -0.39 is 0 Å². The number of piperidine rings is 1. The maximum Gasteiger partial charge on any atom is 0.222 e. The standard InChI is InChI=1S/C19H27NO2/c21-19(11-10-18-9-5-13-22-18)20-12-4-8-17(15-20)14-16-6-2-1-3-7-16/h1-3,6-7,17-18H,4-5,8-15H2/t17-,18-/m0/s1. The molecule has 0 N–H and O–H groups in total. The second kappa shape index (κ2) is 7.77. The van der Waals surface area contributed by atoms with Crippen LogP contribution >= 0.6 is 0 Å². The normalized spacial score (nSPS) is 25.4. The highest BCUT2D eigenvalue weighted by molar-refractivity contribution is 5.76. The highest BCUT2D eigenvalue weighted by Crippen LogP contribution is 2.23. The SMILES string of the molecule is O=C(CC[C@@H]1CCCO1)N1CCC[C@@H](Cc2ccccc2)C1. The summed E-state index contributed by atoms with van der Waals surface area (Å²) < 4.78 is 5.62. The number of carbonyl (C=O) groups excluding carboxylic acids is 1. The van der Waals surface area contributed by atoms with Gasteiger partial charge in [0.2, 0.25) is 5.91 Å². The molecule has 2 heterocycles. The lowest BCUT2D eigenvalue weighted by atomic mass is 9.91. The second-order valence-corrected chi connectivity index (χ2v) is 6.71. The zero-order valence-corrected chi connectivity index (χ0v) is 13.4. The molecule has 2 fully saturated rings. The van der Waals surface area contributed by atoms with E-state index in [1.165, 1.54) is 12.0 Å². The van der Waals surface area contributed by atoms with E-state index in [4.69, 9.17) is 4.74 Å². The van der Waals surface area contributed by atoms with E-state index in [0.29, 0.717) is 24.3 Å². The summed E-state index contributed by atoms with van der Waals surface area (Å²) in [7, 11) is 0. The van der Waals surface area contributed by atoms with Crippen LogP contribution in [0.15, 0.2) is 30.3 Å². The molecule has 2 aliphatic rings. The van der Waals surface area contributed by atoms with E-state index in [2.05, 4.69) is 35.2 Å². The van der Waals surface area contributed by atoms with Gasteiger partial charge in [0.15, 0.2) is 0 Å². The number of ether oxygens (including phenoxy) is 1. The quantitative estimate of drug-likeness (QED) is 0.834. The van der Waals surface area contributed by atoms with Crippen molar-refractivity contribution < 1.29 is 9.53 Å². The lowest BCUT2D eigenvalue weighted by molar-refractivity contribution is -0.133. The van der Waals surface area contributed by atoms with E-state index in [-0.39, 0.29) is 0 Å². The van der Waals surface area contributed by atoms with Gasteiger partial charge in [0, 0.05) is 26.1 Å². The first-order valence-corrected chi connectivity index (χ1v) is 8.74. The molecule has 120 valence electrons. The van der Waals surface area contributed by atoms with Gasteiger partial charge in [0.25, 0.3) is 0 Å². The minimum Gasteiger partial charge on any atom is -0.378 e. The molecular formula is C19H27NO2. The largest absolute Gasteiger partial charge is 0.378 e. The highest BCUT2D eigenvalue weighted by atomic mass is 16.5. The Bertz CT molecular complexity index is 468. The molecule has 0 radical (unpaired) electrons. The number of carbonyl (C=O) groups is 1. The summed E-state index contributed by atoms with van der Waals surface area (Å²) in [6, 6.07) is 10.6. The van der Waals surface area contributed by atoms with Crippen molar-refractivity contribution in [1.82, 2.24) is 4.90 Å². The number of hydrogen-bond donors (Lipinski definition) is 0. The lowest BCUT2D eigenvalue weighted by Crippen LogP contribution is -2.40. The predicted octanol–water partition coefficient (Wildman–Crippen LogP) is 3.43. The highest BCUT2D eigenvalue weighted by Gasteiger charge is 2.25. The number of rotatable bonds is 5. The van der Waals surface area contributed by atoms with Crippen LogP contribution < -0.4 is 0 Å². The minimum absolute atomic E-state index is 0.327. The van der Waals surface area contributed by atoms with Gasteiger partial charge >= 0.3 is 0 Å². The molecule has 3 heteroatoms. The number of benzene rings is 1. The van der Waals surface area contributed by atoms with Crippen LogP contribution in [0.1, 0.15) is 44.1 Å². The van der Waals surface area contributed by atoms with Crippen LogP contribution in [0.25, 0.3) is 0 Å². The molecule has 0 saturated carbocycles. The van der Waals surface area contributed by atoms with Gasteiger partial charge in [-0.05, 0) is 50.0 Å². The van der Waals surface area contributed by atoms with Crippen LogP contribution in [-0.4, -0.2) is 36.6 Å². The summed E-state index contributed by atoms with van der Waals surface area (Å²) in [6.45, 7) is 2.75. The van der Waals surface area contributed by atoms with Crippen molar-refractivity contribution in [3.63, 3.8) is 0 Å². The Hall–Kier alpha value is -1.35. The van der Waals surface area contributed by atoms with Gasteiger partial charge < -0.3 is 9.64 Å². The zero-order valence-electron chi connectivity index (χ0n) is 13.4. The van der Waals surface area contributed by atoms with Gasteiger partial charge in [-0.15, -0.1) is 0 Å². The fourth-order valence-electron chi connectivity index (χ4n) is 3.72. The third-order valence-corrected chi connectivity index (χ3v) is 4.94. The van der Waals surface area contributed by atoms with Crippen LogP contribution in [0.5, 0.6) is 0 Å². The number of likely N-dealkylation sites (tertiary alicyclic amines) is 1. The Kier molecular flexibility index (Phi) is 5.49. The Morgan fingerprint density at radius 3 is 2.82 bits per heavy atom. The molecule has 3 nitrogen and oxygen atoms in total. The first kappa shape index (κ1) is 15.5. The molecule has 0 unspecified atom stereocenters. The number of amides is 1. The summed E-state index contributed by atoms with van der Waals surface area (Å²) in [4.78, 5) is 14.5. The van der Waals surface area contributed by atoms with Crippen LogP contribution in [-0.2, 0) is 16.0 Å². The van der Waals surface area contributed by atoms with Crippen molar-refractivity contribution in [2.24, 2.45) is 5.92 Å². The molecule has 2 aliphatic heterocycles. The summed E-state index contributed by atoms with van der Waals surface area (Å²) >= 11 is 0. The molecule has 1 aromatic carbocycles. The molecular weight excluding hydrogens is 274 g/mol. The first-order valence-electron chi connectivity index (χ1n) is 8.74. The van der Waals surface area contributed by atoms with Gasteiger partial charge in [-0.2, -0.15) is 0 Å². The molecule has 1 amide bonds. The van der Waals surface area contributed by atoms with E-state index in [0.717, 1.165) is 51.8 Å². The van der Waals surface area contributed by atoms with Gasteiger partial charge in [-0.25, -0.2) is 0 Å². The Morgan fingerprint density at radius 1 is 1.18 bits per heavy atom. The smallest absolute Gasteiger partial charge is 0.222 e. The molecule has 0 bridgehead atoms. The van der Waals surface area contributed by atoms with Gasteiger partial charge in [-0.1, -0.05) is 30.3 Å². The summed E-state index contributed by atoms with van der Waals surface area (Å²) in [5, 5.41) is 0. The van der Waals surface area contributed by atoms with Crippen molar-refractivity contribution in [2.75, 3.05) is 19.7 Å². The van der Waals surface area contributed by atoms with E-state index >= 15 is 0 Å². The van der Waals surface area contributed by atoms with E-state index in [1.807, 2.05) is 0 Å². The van der Waals surface area contributed by atoms with Crippen molar-refractivity contribution >= 4 is 5.91 Å². The maximum absolute atomic E-state index is 12.4. The second-order valence-electron chi connectivity index (χ2n) is 6.71. The summed E-state index contributed by atoms with van der Waals surface area (Å²) in [6.07, 6.45) is 7.64. The average Bonchev–Trinajstić information content (AvgIpc) is 3.07. The first-order chi connectivity index (χ1) is 10.8. The van der Waals surface area contributed by atoms with Crippen molar-refractivity contribution in [3.8, 4) is 0 Å². The lowest BCUT2D eigenvalue weighted by Gasteiger charge is -2.33. The summed E-state index contributed by atoms with van der Waals surface area (Å²) in [5.41, 5.74) is 1.39. The Labute approximate surface area is 133 Å². The molecule has 0 aromatic heterocycles. The summed E-state index contributed by atoms with van der Waals surface area (Å²) in [5.74, 6) is 0.941. The van der Waals surface area contributed by atoms with Crippen LogP contribution in [0, 0.1) is 5.92 Å². The van der Waals surface area contributed by atoms with E-state index in [9.17, 15) is 4.79 Å². The zero-order chi connectivity index (χ0) is 15.2. The van der Waals surface area contributed by atoms with Gasteiger partial charge in [0.05, 0.1) is 6.10 Å². The van der Waals surface area contributed by atoms with E-state index in [1.54, 1.807) is 0 Å². The number of hydrogen-bond acceptors (Lipinski definition) is 2. The fraction of sp³-hybridized carbons (Fsp3) is 0.632. The molecule has 0 aliphatic carbocycles. The van der Waals surface area contributed by atoms with Gasteiger partial charge in [-0.3, -0.25) is 4.79 Å². The average molecular weight is 301 g/mol. The molecule has 1 aromatic rings. The van der Waals surface area contributed by atoms with Crippen molar-refractivity contribution in [2.45, 2.75) is 51.0 Å². The Morgan fingerprint density at radius 2 is 2.05 bits per heavy atom. The van der Waals surface area contributed by atoms with Crippen LogP contribution in [0.3, 0.4) is 0 Å². The topological polar surface area (TPSA) is 29.5 Å². The number of nitrogens with zero attached hydrogens (tertiary/aromatic N) is 1. The predicted molar refractivity (Wildman–Crippen MR) is 87.7 cm³/mol.